The number of nitrogens with two attached hydrogens (primary N) is 1. The Hall–Kier alpha value is -1.54. The lowest BCUT2D eigenvalue weighted by Crippen LogP contribution is -2.41. The molecule has 0 bridgehead atoms. The molecule has 1 aromatic carbocycles. The molecule has 0 aliphatic rings. The molecule has 1 unspecified atom stereocenters. The van der Waals surface area contributed by atoms with Crippen molar-refractivity contribution in [2.24, 2.45) is 11.7 Å². The summed E-state index contributed by atoms with van der Waals surface area (Å²) >= 11 is 3.12. The number of benzene rings is 1. The van der Waals surface area contributed by atoms with Crippen molar-refractivity contribution < 1.29 is 9.59 Å². The monoisotopic (exact) mass is 427 g/mol. The average Bonchev–Trinajstić information content (AvgIpc) is 3.13. The highest BCUT2D eigenvalue weighted by Gasteiger charge is 2.14. The van der Waals surface area contributed by atoms with E-state index in [1.165, 1.54) is 11.8 Å². The average molecular weight is 428 g/mol. The summed E-state index contributed by atoms with van der Waals surface area (Å²) in [5.41, 5.74) is 6.96. The summed E-state index contributed by atoms with van der Waals surface area (Å²) < 4.78 is 1.11. The van der Waals surface area contributed by atoms with Gasteiger partial charge in [-0.15, -0.1) is 35.5 Å². The summed E-state index contributed by atoms with van der Waals surface area (Å²) in [6, 6.07) is 10.8. The Balaban J connectivity index is 0.00000364. The molecule has 1 heterocycles. The van der Waals surface area contributed by atoms with Crippen LogP contribution in [-0.4, -0.2) is 30.2 Å². The number of halogens is 1. The molecule has 4 N–H and O–H groups in total. The number of carbonyl (C=O) groups excluding carboxylic acids is 2. The van der Waals surface area contributed by atoms with Gasteiger partial charge in [-0.3, -0.25) is 9.59 Å². The molecule has 27 heavy (non-hydrogen) atoms. The van der Waals surface area contributed by atoms with Crippen LogP contribution in [0.5, 0.6) is 0 Å². The van der Waals surface area contributed by atoms with Crippen LogP contribution < -0.4 is 16.4 Å². The predicted molar refractivity (Wildman–Crippen MR) is 117 cm³/mol. The van der Waals surface area contributed by atoms with E-state index in [0.29, 0.717) is 29.5 Å². The van der Waals surface area contributed by atoms with Gasteiger partial charge in [-0.1, -0.05) is 19.9 Å². The van der Waals surface area contributed by atoms with Crippen molar-refractivity contribution in [3.05, 3.63) is 47.3 Å². The number of nitrogens with one attached hydrogen (secondary N) is 2. The zero-order valence-corrected chi connectivity index (χ0v) is 17.9. The van der Waals surface area contributed by atoms with Gasteiger partial charge in [-0.2, -0.15) is 0 Å². The quantitative estimate of drug-likeness (QED) is 0.528. The molecular formula is C19H26ClN3O2S2. The van der Waals surface area contributed by atoms with Crippen LogP contribution >= 0.6 is 35.5 Å². The van der Waals surface area contributed by atoms with E-state index >= 15 is 0 Å². The maximum absolute atomic E-state index is 12.3. The van der Waals surface area contributed by atoms with E-state index in [1.54, 1.807) is 35.6 Å². The molecule has 0 radical (unpaired) electrons. The molecule has 0 fully saturated rings. The largest absolute Gasteiger partial charge is 0.348 e. The Morgan fingerprint density at radius 2 is 1.89 bits per heavy atom. The normalized spacial score (nSPS) is 11.6. The van der Waals surface area contributed by atoms with Gasteiger partial charge >= 0.3 is 0 Å². The van der Waals surface area contributed by atoms with E-state index < -0.39 is 0 Å². The van der Waals surface area contributed by atoms with Gasteiger partial charge in [0.15, 0.2) is 0 Å². The Kier molecular flexibility index (Phi) is 10.5. The fourth-order valence-electron chi connectivity index (χ4n) is 2.44. The molecule has 1 aromatic heterocycles. The molecule has 8 heteroatoms. The molecule has 148 valence electrons. The van der Waals surface area contributed by atoms with Crippen LogP contribution in [0.2, 0.25) is 0 Å². The van der Waals surface area contributed by atoms with Gasteiger partial charge in [0.05, 0.1) is 9.96 Å². The van der Waals surface area contributed by atoms with Gasteiger partial charge in [0.2, 0.25) is 5.91 Å². The number of thioether (sulfide) groups is 1. The summed E-state index contributed by atoms with van der Waals surface area (Å²) in [7, 11) is 0. The Morgan fingerprint density at radius 3 is 2.44 bits per heavy atom. The highest BCUT2D eigenvalue weighted by Crippen LogP contribution is 2.23. The van der Waals surface area contributed by atoms with Crippen molar-refractivity contribution in [2.75, 3.05) is 17.6 Å². The van der Waals surface area contributed by atoms with Crippen molar-refractivity contribution in [1.29, 1.82) is 0 Å². The molecule has 0 aliphatic heterocycles. The standard InChI is InChI=1S/C19H25N3O2S2.ClH/c1-13(2)10-16(11-20)22-19(24)14-5-7-15(8-6-14)21-17(23)12-26-18-4-3-9-25-18;/h3-9,13,16H,10-12,20H2,1-2H3,(H,21,23)(H,22,24);1H. The molecule has 1 atom stereocenters. The van der Waals surface area contributed by atoms with Gasteiger partial charge in [-0.25, -0.2) is 0 Å². The van der Waals surface area contributed by atoms with Crippen molar-refractivity contribution in [2.45, 2.75) is 30.5 Å². The number of anilines is 1. The SMILES string of the molecule is CC(C)CC(CN)NC(=O)c1ccc(NC(=O)CSc2cccs2)cc1.Cl. The van der Waals surface area contributed by atoms with Gasteiger partial charge < -0.3 is 16.4 Å². The number of hydrogen-bond donors (Lipinski definition) is 3. The number of thiophene rings is 1. The minimum atomic E-state index is -0.146. The van der Waals surface area contributed by atoms with E-state index in [1.807, 2.05) is 17.5 Å². The van der Waals surface area contributed by atoms with Crippen LogP contribution in [0.3, 0.4) is 0 Å². The summed E-state index contributed by atoms with van der Waals surface area (Å²) in [6.45, 7) is 4.62. The second kappa shape index (κ2) is 12.0. The molecule has 2 rings (SSSR count). The topological polar surface area (TPSA) is 84.2 Å². The summed E-state index contributed by atoms with van der Waals surface area (Å²) in [5.74, 6) is 0.609. The van der Waals surface area contributed by atoms with Gasteiger partial charge in [-0.05, 0) is 48.1 Å². The smallest absolute Gasteiger partial charge is 0.251 e. The van der Waals surface area contributed by atoms with Crippen LogP contribution in [-0.2, 0) is 4.79 Å². The fourth-order valence-corrected chi connectivity index (χ4v) is 4.02. The highest BCUT2D eigenvalue weighted by atomic mass is 35.5. The minimum Gasteiger partial charge on any atom is -0.348 e. The van der Waals surface area contributed by atoms with Crippen LogP contribution in [0.4, 0.5) is 5.69 Å². The Labute approximate surface area is 174 Å². The predicted octanol–water partition coefficient (Wildman–Crippen LogP) is 4.00. The first-order valence-electron chi connectivity index (χ1n) is 8.55. The maximum Gasteiger partial charge on any atom is 0.251 e. The third-order valence-electron chi connectivity index (χ3n) is 3.65. The third-order valence-corrected chi connectivity index (χ3v) is 5.78. The number of rotatable bonds is 9. The van der Waals surface area contributed by atoms with E-state index in [2.05, 4.69) is 24.5 Å². The molecule has 2 aromatic rings. The van der Waals surface area contributed by atoms with Crippen LogP contribution in [0.1, 0.15) is 30.6 Å². The maximum atomic E-state index is 12.3. The molecule has 5 nitrogen and oxygen atoms in total. The van der Waals surface area contributed by atoms with Crippen molar-refractivity contribution in [1.82, 2.24) is 5.32 Å². The van der Waals surface area contributed by atoms with Gasteiger partial charge in [0, 0.05) is 23.8 Å². The zero-order valence-electron chi connectivity index (χ0n) is 15.4. The van der Waals surface area contributed by atoms with Crippen LogP contribution in [0.25, 0.3) is 0 Å². The van der Waals surface area contributed by atoms with E-state index in [-0.39, 0.29) is 30.3 Å². The first-order chi connectivity index (χ1) is 12.5. The first-order valence-corrected chi connectivity index (χ1v) is 10.4. The van der Waals surface area contributed by atoms with Crippen LogP contribution in [0, 0.1) is 5.92 Å². The molecule has 2 amide bonds. The molecular weight excluding hydrogens is 402 g/mol. The van der Waals surface area contributed by atoms with Gasteiger partial charge in [0.1, 0.15) is 0 Å². The summed E-state index contributed by atoms with van der Waals surface area (Å²) in [6.07, 6.45) is 0.846. The molecule has 0 spiro atoms. The fraction of sp³-hybridized carbons (Fsp3) is 0.368. The first kappa shape index (κ1) is 23.5. The Bertz CT molecular complexity index is 706. The Morgan fingerprint density at radius 1 is 1.19 bits per heavy atom. The number of carbonyl (C=O) groups is 2. The highest BCUT2D eigenvalue weighted by molar-refractivity contribution is 8.01. The zero-order chi connectivity index (χ0) is 18.9. The lowest BCUT2D eigenvalue weighted by atomic mass is 10.0. The van der Waals surface area contributed by atoms with E-state index in [4.69, 9.17) is 5.73 Å². The van der Waals surface area contributed by atoms with Crippen molar-refractivity contribution >= 4 is 53.0 Å². The molecule has 0 saturated carbocycles. The lowest BCUT2D eigenvalue weighted by Gasteiger charge is -2.18. The number of amides is 2. The third kappa shape index (κ3) is 8.34. The van der Waals surface area contributed by atoms with E-state index in [0.717, 1.165) is 10.6 Å². The summed E-state index contributed by atoms with van der Waals surface area (Å²) in [4.78, 5) is 24.3. The second-order valence-corrected chi connectivity index (χ2v) is 8.61. The summed E-state index contributed by atoms with van der Waals surface area (Å²) in [5, 5.41) is 7.79. The minimum absolute atomic E-state index is 0. The lowest BCUT2D eigenvalue weighted by molar-refractivity contribution is -0.113. The van der Waals surface area contributed by atoms with Crippen molar-refractivity contribution in [3.8, 4) is 0 Å². The second-order valence-electron chi connectivity index (χ2n) is 6.38. The van der Waals surface area contributed by atoms with Crippen molar-refractivity contribution in [3.63, 3.8) is 0 Å². The van der Waals surface area contributed by atoms with Crippen LogP contribution in [0.15, 0.2) is 46.0 Å². The van der Waals surface area contributed by atoms with Gasteiger partial charge in [0.25, 0.3) is 5.91 Å². The molecule has 0 saturated heterocycles. The number of hydrogen-bond acceptors (Lipinski definition) is 5. The molecule has 0 aliphatic carbocycles. The van der Waals surface area contributed by atoms with E-state index in [9.17, 15) is 9.59 Å².